The largest absolute Gasteiger partial charge is 2.00 e. The summed E-state index contributed by atoms with van der Waals surface area (Å²) in [6, 6.07) is 25.4. The van der Waals surface area contributed by atoms with E-state index in [0.29, 0.717) is 16.8 Å². The van der Waals surface area contributed by atoms with Gasteiger partial charge in [-0.25, -0.2) is 0 Å². The molecule has 0 spiro atoms. The first kappa shape index (κ1) is 24.6. The van der Waals surface area contributed by atoms with Crippen LogP contribution in [-0.4, -0.2) is 17.4 Å². The molecule has 0 saturated heterocycles. The Kier molecular flexibility index (Phi) is 7.10. The smallest absolute Gasteiger partial charge is 0.872 e. The van der Waals surface area contributed by atoms with Gasteiger partial charge in [0.2, 0.25) is 0 Å². The number of rotatable bonds is 5. The molecule has 7 nitrogen and oxygen atoms in total. The molecule has 0 aliphatic carbocycles. The quantitative estimate of drug-likeness (QED) is 0.132. The molecule has 0 aliphatic rings. The number of nitro benzene ring substituents is 1. The van der Waals surface area contributed by atoms with Crippen LogP contribution in [0.3, 0.4) is 0 Å². The van der Waals surface area contributed by atoms with Crippen LogP contribution in [0.15, 0.2) is 101 Å². The molecule has 0 bridgehead atoms. The van der Waals surface area contributed by atoms with Gasteiger partial charge in [-0.15, -0.1) is 0 Å². The number of hydrogen-bond donors (Lipinski definition) is 0. The van der Waals surface area contributed by atoms with E-state index in [2.05, 4.69) is 9.98 Å². The molecule has 5 aromatic carbocycles. The van der Waals surface area contributed by atoms with Crippen molar-refractivity contribution in [2.24, 2.45) is 9.98 Å². The number of nitrogens with zero attached hydrogens (tertiary/aromatic N) is 3. The van der Waals surface area contributed by atoms with Gasteiger partial charge in [0.15, 0.2) is 0 Å². The van der Waals surface area contributed by atoms with Crippen molar-refractivity contribution in [2.45, 2.75) is 0 Å². The van der Waals surface area contributed by atoms with Crippen LogP contribution >= 0.6 is 0 Å². The summed E-state index contributed by atoms with van der Waals surface area (Å²) >= 11 is 0. The molecule has 175 valence electrons. The molecule has 0 N–H and O–H groups in total. The molecule has 36 heavy (non-hydrogen) atoms. The number of non-ortho nitro benzene ring substituents is 1. The van der Waals surface area contributed by atoms with E-state index in [1.165, 1.54) is 42.8 Å². The fourth-order valence-electron chi connectivity index (χ4n) is 3.92. The standard InChI is InChI=1S/C28H19N3O4.Mn/c32-27-13-9-18-5-1-3-7-21(18)23(27)16-29-25-12-11-20(31(34)35)15-26(25)30-17-24-22-8-4-2-6-19(22)10-14-28(24)33;/h1-17,32-33H;/q;+2/p-2. The Morgan fingerprint density at radius 1 is 0.639 bits per heavy atom. The van der Waals surface area contributed by atoms with Crippen molar-refractivity contribution in [1.82, 2.24) is 0 Å². The Morgan fingerprint density at radius 3 is 1.67 bits per heavy atom. The topological polar surface area (TPSA) is 114 Å². The molecule has 1 radical (unpaired) electrons. The summed E-state index contributed by atoms with van der Waals surface area (Å²) in [5, 5.41) is 39.7. The molecule has 0 fully saturated rings. The average molecular weight is 514 g/mol. The maximum Gasteiger partial charge on any atom is 2.00 e. The van der Waals surface area contributed by atoms with Crippen molar-refractivity contribution in [1.29, 1.82) is 0 Å². The van der Waals surface area contributed by atoms with Gasteiger partial charge in [0.05, 0.1) is 16.3 Å². The summed E-state index contributed by atoms with van der Waals surface area (Å²) in [7, 11) is 0. The van der Waals surface area contributed by atoms with E-state index in [-0.39, 0.29) is 39.9 Å². The Bertz CT molecular complexity index is 1660. The third-order valence-electron chi connectivity index (χ3n) is 5.70. The van der Waals surface area contributed by atoms with Crippen LogP contribution in [0.4, 0.5) is 17.1 Å². The SMILES string of the molecule is O=[N+]([O-])c1ccc(N=Cc2c([O-])ccc3ccccc23)c(N=Cc2c([O-])ccc3ccccc23)c1.[Mn+2]. The van der Waals surface area contributed by atoms with E-state index in [1.807, 2.05) is 48.5 Å². The number of nitro groups is 1. The molecule has 5 rings (SSSR count). The molecule has 0 heterocycles. The summed E-state index contributed by atoms with van der Waals surface area (Å²) < 4.78 is 0. The van der Waals surface area contributed by atoms with Gasteiger partial charge < -0.3 is 10.2 Å². The van der Waals surface area contributed by atoms with Gasteiger partial charge in [0, 0.05) is 24.6 Å². The fraction of sp³-hybridized carbons (Fsp3) is 0. The molecule has 0 atom stereocenters. The van der Waals surface area contributed by atoms with Crippen LogP contribution in [0.2, 0.25) is 0 Å². The minimum absolute atomic E-state index is 0. The van der Waals surface area contributed by atoms with Crippen molar-refractivity contribution < 1.29 is 32.2 Å². The minimum Gasteiger partial charge on any atom is -0.872 e. The average Bonchev–Trinajstić information content (AvgIpc) is 2.88. The third-order valence-corrected chi connectivity index (χ3v) is 5.70. The van der Waals surface area contributed by atoms with E-state index in [0.717, 1.165) is 21.5 Å². The third kappa shape index (κ3) is 4.81. The number of aliphatic imine (C=N–C) groups is 2. The van der Waals surface area contributed by atoms with Gasteiger partial charge in [-0.05, 0) is 38.7 Å². The molecule has 0 saturated carbocycles. The van der Waals surface area contributed by atoms with Crippen LogP contribution in [-0.2, 0) is 17.1 Å². The van der Waals surface area contributed by atoms with Gasteiger partial charge in [0.25, 0.3) is 5.69 Å². The zero-order valence-corrected chi connectivity index (χ0v) is 19.8. The first-order valence-corrected chi connectivity index (χ1v) is 10.8. The van der Waals surface area contributed by atoms with Crippen LogP contribution < -0.4 is 10.2 Å². The van der Waals surface area contributed by atoms with Crippen molar-refractivity contribution in [3.8, 4) is 11.5 Å². The van der Waals surface area contributed by atoms with Gasteiger partial charge >= 0.3 is 17.1 Å². The second-order valence-electron chi connectivity index (χ2n) is 7.84. The second-order valence-corrected chi connectivity index (χ2v) is 7.84. The van der Waals surface area contributed by atoms with Crippen LogP contribution in [0, 0.1) is 10.1 Å². The van der Waals surface area contributed by atoms with Gasteiger partial charge in [-0.2, -0.15) is 0 Å². The normalized spacial score (nSPS) is 11.3. The molecule has 0 aliphatic heterocycles. The molecular weight excluding hydrogens is 497 g/mol. The molecule has 0 amide bonds. The van der Waals surface area contributed by atoms with E-state index >= 15 is 0 Å². The summed E-state index contributed by atoms with van der Waals surface area (Å²) in [4.78, 5) is 19.7. The first-order chi connectivity index (χ1) is 17.0. The minimum atomic E-state index is -0.524. The van der Waals surface area contributed by atoms with Gasteiger partial charge in [-0.1, -0.05) is 84.3 Å². The molecule has 8 heteroatoms. The summed E-state index contributed by atoms with van der Waals surface area (Å²) in [5.41, 5.74) is 1.15. The van der Waals surface area contributed by atoms with E-state index in [9.17, 15) is 20.3 Å². The van der Waals surface area contributed by atoms with Crippen LogP contribution in [0.1, 0.15) is 11.1 Å². The fourth-order valence-corrected chi connectivity index (χ4v) is 3.92. The molecule has 5 aromatic rings. The summed E-state index contributed by atoms with van der Waals surface area (Å²) in [6.07, 6.45) is 2.85. The zero-order chi connectivity index (χ0) is 24.4. The van der Waals surface area contributed by atoms with E-state index < -0.39 is 4.92 Å². The summed E-state index contributed by atoms with van der Waals surface area (Å²) in [5.74, 6) is -0.402. The van der Waals surface area contributed by atoms with Crippen LogP contribution in [0.25, 0.3) is 21.5 Å². The van der Waals surface area contributed by atoms with Crippen molar-refractivity contribution in [2.75, 3.05) is 0 Å². The molecule has 0 unspecified atom stereocenters. The zero-order valence-electron chi connectivity index (χ0n) is 18.7. The Morgan fingerprint density at radius 2 is 1.14 bits per heavy atom. The maximum absolute atomic E-state index is 12.5. The van der Waals surface area contributed by atoms with Crippen molar-refractivity contribution in [3.63, 3.8) is 0 Å². The summed E-state index contributed by atoms with van der Waals surface area (Å²) in [6.45, 7) is 0. The predicted molar refractivity (Wildman–Crippen MR) is 134 cm³/mol. The van der Waals surface area contributed by atoms with Gasteiger partial charge in [0.1, 0.15) is 0 Å². The van der Waals surface area contributed by atoms with E-state index in [1.54, 1.807) is 12.1 Å². The molecule has 0 aromatic heterocycles. The molecular formula is C28H17MnN3O4. The maximum atomic E-state index is 12.5. The van der Waals surface area contributed by atoms with Crippen molar-refractivity contribution in [3.05, 3.63) is 112 Å². The Hall–Kier alpha value is -4.52. The van der Waals surface area contributed by atoms with E-state index in [4.69, 9.17) is 0 Å². The van der Waals surface area contributed by atoms with Gasteiger partial charge in [-0.3, -0.25) is 20.1 Å². The van der Waals surface area contributed by atoms with Crippen molar-refractivity contribution >= 4 is 51.0 Å². The Balaban J connectivity index is 0.00000304. The predicted octanol–water partition coefficient (Wildman–Crippen LogP) is 5.55. The number of hydrogen-bond acceptors (Lipinski definition) is 6. The first-order valence-electron chi connectivity index (χ1n) is 10.8. The Labute approximate surface area is 216 Å². The van der Waals surface area contributed by atoms with Crippen LogP contribution in [0.5, 0.6) is 11.5 Å². The number of fused-ring (bicyclic) bond motifs is 2. The second kappa shape index (κ2) is 10.4. The number of benzene rings is 5. The monoisotopic (exact) mass is 514 g/mol.